The van der Waals surface area contributed by atoms with Crippen LogP contribution >= 0.6 is 0 Å². The number of hydrogen-bond donors (Lipinski definition) is 1. The van der Waals surface area contributed by atoms with E-state index in [0.717, 1.165) is 19.3 Å². The molecule has 0 aromatic heterocycles. The summed E-state index contributed by atoms with van der Waals surface area (Å²) in [6.07, 6.45) is 2.96. The van der Waals surface area contributed by atoms with Gasteiger partial charge in [0.1, 0.15) is 0 Å². The fraction of sp³-hybridized carbons (Fsp3) is 0.588. The highest BCUT2D eigenvalue weighted by Crippen LogP contribution is 2.31. The van der Waals surface area contributed by atoms with E-state index in [4.69, 9.17) is 0 Å². The van der Waals surface area contributed by atoms with Gasteiger partial charge in [-0.1, -0.05) is 13.8 Å². The van der Waals surface area contributed by atoms with Crippen molar-refractivity contribution in [3.63, 3.8) is 0 Å². The van der Waals surface area contributed by atoms with Crippen LogP contribution in [0, 0.1) is 17.8 Å². The summed E-state index contributed by atoms with van der Waals surface area (Å²) in [4.78, 5) is 12.0. The maximum absolute atomic E-state index is 12.8. The summed E-state index contributed by atoms with van der Waals surface area (Å²) >= 11 is 0. The Hall–Kier alpha value is -1.40. The fourth-order valence-corrected chi connectivity index (χ4v) is 4.93. The second-order valence-electron chi connectivity index (χ2n) is 7.06. The second kappa shape index (κ2) is 6.24. The molecule has 0 bridgehead atoms. The van der Waals surface area contributed by atoms with Gasteiger partial charge in [-0.05, 0) is 55.4 Å². The SMILES string of the molecule is CC1CC(C)CN(S(=O)(=O)c2ccc(NC(=O)C3CC3)cc2)C1. The Morgan fingerprint density at radius 3 is 2.17 bits per heavy atom. The van der Waals surface area contributed by atoms with Gasteiger partial charge in [0, 0.05) is 24.7 Å². The summed E-state index contributed by atoms with van der Waals surface area (Å²) in [6.45, 7) is 5.34. The predicted molar refractivity (Wildman–Crippen MR) is 89.5 cm³/mol. The Kier molecular flexibility index (Phi) is 4.47. The van der Waals surface area contributed by atoms with Gasteiger partial charge in [0.15, 0.2) is 0 Å². The molecule has 1 amide bonds. The minimum Gasteiger partial charge on any atom is -0.326 e. The molecule has 6 heteroatoms. The Bertz CT molecular complexity index is 670. The molecule has 1 aromatic rings. The van der Waals surface area contributed by atoms with Gasteiger partial charge in [-0.2, -0.15) is 4.31 Å². The second-order valence-corrected chi connectivity index (χ2v) is 8.99. The van der Waals surface area contributed by atoms with Crippen LogP contribution in [-0.4, -0.2) is 31.7 Å². The van der Waals surface area contributed by atoms with Crippen molar-refractivity contribution in [2.24, 2.45) is 17.8 Å². The minimum atomic E-state index is -3.46. The van der Waals surface area contributed by atoms with Gasteiger partial charge in [-0.25, -0.2) is 8.42 Å². The quantitative estimate of drug-likeness (QED) is 0.919. The number of rotatable bonds is 4. The molecule has 2 aliphatic rings. The van der Waals surface area contributed by atoms with Crippen molar-refractivity contribution in [2.75, 3.05) is 18.4 Å². The molecular formula is C17H24N2O3S. The first-order valence-corrected chi connectivity index (χ1v) is 9.71. The Balaban J connectivity index is 1.73. The first-order chi connectivity index (χ1) is 10.9. The van der Waals surface area contributed by atoms with E-state index in [-0.39, 0.29) is 11.8 Å². The third-order valence-corrected chi connectivity index (χ3v) is 6.39. The zero-order valence-corrected chi connectivity index (χ0v) is 14.5. The first-order valence-electron chi connectivity index (χ1n) is 8.27. The van der Waals surface area contributed by atoms with Crippen LogP contribution in [0.25, 0.3) is 0 Å². The molecule has 1 heterocycles. The van der Waals surface area contributed by atoms with Gasteiger partial charge in [-0.3, -0.25) is 4.79 Å². The first kappa shape index (κ1) is 16.5. The van der Waals surface area contributed by atoms with Crippen LogP contribution in [-0.2, 0) is 14.8 Å². The van der Waals surface area contributed by atoms with Gasteiger partial charge in [0.2, 0.25) is 15.9 Å². The molecule has 2 atom stereocenters. The number of nitrogens with one attached hydrogen (secondary N) is 1. The van der Waals surface area contributed by atoms with E-state index in [1.165, 1.54) is 0 Å². The van der Waals surface area contributed by atoms with Crippen LogP contribution in [0.2, 0.25) is 0 Å². The van der Waals surface area contributed by atoms with Crippen LogP contribution in [0.3, 0.4) is 0 Å². The number of carbonyl (C=O) groups excluding carboxylic acids is 1. The van der Waals surface area contributed by atoms with Crippen molar-refractivity contribution in [3.05, 3.63) is 24.3 Å². The number of piperidine rings is 1. The average molecular weight is 336 g/mol. The lowest BCUT2D eigenvalue weighted by molar-refractivity contribution is -0.117. The van der Waals surface area contributed by atoms with Gasteiger partial charge in [-0.15, -0.1) is 0 Å². The maximum Gasteiger partial charge on any atom is 0.243 e. The van der Waals surface area contributed by atoms with E-state index in [1.807, 2.05) is 0 Å². The lowest BCUT2D eigenvalue weighted by Gasteiger charge is -2.34. The molecule has 23 heavy (non-hydrogen) atoms. The highest BCUT2D eigenvalue weighted by Gasteiger charge is 2.32. The zero-order chi connectivity index (χ0) is 16.6. The maximum atomic E-state index is 12.8. The highest BCUT2D eigenvalue weighted by atomic mass is 32.2. The van der Waals surface area contributed by atoms with Crippen LogP contribution in [0.15, 0.2) is 29.2 Å². The lowest BCUT2D eigenvalue weighted by atomic mass is 9.94. The topological polar surface area (TPSA) is 66.5 Å². The lowest BCUT2D eigenvalue weighted by Crippen LogP contribution is -2.42. The number of sulfonamides is 1. The molecule has 3 rings (SSSR count). The molecule has 2 unspecified atom stereocenters. The number of amides is 1. The molecule has 1 saturated heterocycles. The van der Waals surface area contributed by atoms with Crippen molar-refractivity contribution < 1.29 is 13.2 Å². The highest BCUT2D eigenvalue weighted by molar-refractivity contribution is 7.89. The fourth-order valence-electron chi connectivity index (χ4n) is 3.25. The van der Waals surface area contributed by atoms with Crippen molar-refractivity contribution in [1.82, 2.24) is 4.31 Å². The Labute approximate surface area is 138 Å². The summed E-state index contributed by atoms with van der Waals surface area (Å²) < 4.78 is 27.1. The van der Waals surface area contributed by atoms with Crippen LogP contribution in [0.5, 0.6) is 0 Å². The van der Waals surface area contributed by atoms with Crippen molar-refractivity contribution in [1.29, 1.82) is 0 Å². The van der Waals surface area contributed by atoms with E-state index in [1.54, 1.807) is 28.6 Å². The number of benzene rings is 1. The molecule has 5 nitrogen and oxygen atoms in total. The zero-order valence-electron chi connectivity index (χ0n) is 13.7. The van der Waals surface area contributed by atoms with E-state index in [0.29, 0.717) is 35.5 Å². The summed E-state index contributed by atoms with van der Waals surface area (Å²) in [6, 6.07) is 6.51. The van der Waals surface area contributed by atoms with Gasteiger partial charge >= 0.3 is 0 Å². The largest absolute Gasteiger partial charge is 0.326 e. The molecule has 2 fully saturated rings. The van der Waals surface area contributed by atoms with E-state index in [2.05, 4.69) is 19.2 Å². The molecule has 1 aromatic carbocycles. The number of hydrogen-bond acceptors (Lipinski definition) is 3. The Morgan fingerprint density at radius 2 is 1.65 bits per heavy atom. The van der Waals surface area contributed by atoms with Crippen molar-refractivity contribution >= 4 is 21.6 Å². The van der Waals surface area contributed by atoms with E-state index < -0.39 is 10.0 Å². The van der Waals surface area contributed by atoms with Gasteiger partial charge in [0.05, 0.1) is 4.90 Å². The third-order valence-electron chi connectivity index (χ3n) is 4.54. The van der Waals surface area contributed by atoms with E-state index in [9.17, 15) is 13.2 Å². The molecule has 1 saturated carbocycles. The summed E-state index contributed by atoms with van der Waals surface area (Å²) in [5.74, 6) is 0.922. The number of nitrogens with zero attached hydrogens (tertiary/aromatic N) is 1. The van der Waals surface area contributed by atoms with Crippen LogP contribution in [0.1, 0.15) is 33.1 Å². The Morgan fingerprint density at radius 1 is 1.09 bits per heavy atom. The molecule has 1 aliphatic carbocycles. The van der Waals surface area contributed by atoms with Gasteiger partial charge in [0.25, 0.3) is 0 Å². The molecule has 126 valence electrons. The number of anilines is 1. The minimum absolute atomic E-state index is 0.0271. The average Bonchev–Trinajstić information content (AvgIpc) is 3.31. The summed E-state index contributed by atoms with van der Waals surface area (Å²) in [5, 5.41) is 2.83. The van der Waals surface area contributed by atoms with Crippen molar-refractivity contribution in [3.8, 4) is 0 Å². The summed E-state index contributed by atoms with van der Waals surface area (Å²) in [5.41, 5.74) is 0.654. The molecule has 1 N–H and O–H groups in total. The van der Waals surface area contributed by atoms with Crippen LogP contribution in [0.4, 0.5) is 5.69 Å². The molecule has 0 radical (unpaired) electrons. The normalized spacial score (nSPS) is 26.0. The number of carbonyl (C=O) groups is 1. The smallest absolute Gasteiger partial charge is 0.243 e. The molecular weight excluding hydrogens is 312 g/mol. The monoisotopic (exact) mass is 336 g/mol. The molecule has 0 spiro atoms. The van der Waals surface area contributed by atoms with E-state index >= 15 is 0 Å². The van der Waals surface area contributed by atoms with Crippen molar-refractivity contribution in [2.45, 2.75) is 38.0 Å². The third kappa shape index (κ3) is 3.75. The predicted octanol–water partition coefficient (Wildman–Crippen LogP) is 2.70. The van der Waals surface area contributed by atoms with Crippen LogP contribution < -0.4 is 5.32 Å². The standard InChI is InChI=1S/C17H24N2O3S/c1-12-9-13(2)11-19(10-12)23(21,22)16-7-5-15(6-8-16)18-17(20)14-3-4-14/h5-8,12-14H,3-4,9-11H2,1-2H3,(H,18,20). The van der Waals surface area contributed by atoms with Gasteiger partial charge < -0.3 is 5.32 Å². The molecule has 1 aliphatic heterocycles. The summed E-state index contributed by atoms with van der Waals surface area (Å²) in [7, 11) is -3.46.